The first-order chi connectivity index (χ1) is 9.40. The minimum Gasteiger partial charge on any atom is -0.495 e. The molecule has 0 bridgehead atoms. The number of sulfonamides is 1. The second-order valence-corrected chi connectivity index (χ2v) is 5.74. The summed E-state index contributed by atoms with van der Waals surface area (Å²) in [5, 5.41) is 3.05. The van der Waals surface area contributed by atoms with Gasteiger partial charge in [0.2, 0.25) is 10.0 Å². The Morgan fingerprint density at radius 2 is 2.05 bits per heavy atom. The molecule has 0 radical (unpaired) electrons. The topological polar surface area (TPSA) is 67.4 Å². The van der Waals surface area contributed by atoms with Gasteiger partial charge in [0.1, 0.15) is 10.6 Å². The second-order valence-electron chi connectivity index (χ2n) is 4.01. The summed E-state index contributed by atoms with van der Waals surface area (Å²) in [6.45, 7) is 2.21. The summed E-state index contributed by atoms with van der Waals surface area (Å²) >= 11 is 0. The lowest BCUT2D eigenvalue weighted by atomic mass is 10.2. The molecule has 0 heterocycles. The average Bonchev–Trinajstić information content (AvgIpc) is 2.42. The summed E-state index contributed by atoms with van der Waals surface area (Å²) in [6.07, 6.45) is -2.75. The number of halogens is 2. The van der Waals surface area contributed by atoms with Crippen molar-refractivity contribution in [1.29, 1.82) is 0 Å². The van der Waals surface area contributed by atoms with Crippen LogP contribution in [0.25, 0.3) is 0 Å². The van der Waals surface area contributed by atoms with Crippen LogP contribution in [0, 0.1) is 0 Å². The number of nitrogens with one attached hydrogen (secondary N) is 2. The van der Waals surface area contributed by atoms with Gasteiger partial charge in [-0.2, -0.15) is 0 Å². The van der Waals surface area contributed by atoms with E-state index >= 15 is 0 Å². The zero-order chi connectivity index (χ0) is 15.2. The van der Waals surface area contributed by atoms with Crippen molar-refractivity contribution < 1.29 is 21.9 Å². The maximum atomic E-state index is 12.1. The van der Waals surface area contributed by atoms with E-state index in [4.69, 9.17) is 4.74 Å². The molecule has 0 saturated carbocycles. The molecular formula is C12H18F2N2O3S. The summed E-state index contributed by atoms with van der Waals surface area (Å²) < 4.78 is 55.1. The third-order valence-electron chi connectivity index (χ3n) is 2.52. The van der Waals surface area contributed by atoms with Crippen molar-refractivity contribution >= 4 is 10.0 Å². The van der Waals surface area contributed by atoms with Crippen molar-refractivity contribution in [2.24, 2.45) is 0 Å². The number of benzene rings is 1. The minimum absolute atomic E-state index is 0.118. The second kappa shape index (κ2) is 7.51. The van der Waals surface area contributed by atoms with Gasteiger partial charge in [-0.05, 0) is 24.2 Å². The molecule has 1 aromatic carbocycles. The van der Waals surface area contributed by atoms with Gasteiger partial charge in [0.15, 0.2) is 0 Å². The van der Waals surface area contributed by atoms with Crippen molar-refractivity contribution in [2.75, 3.05) is 20.2 Å². The number of alkyl halides is 2. The summed E-state index contributed by atoms with van der Waals surface area (Å²) in [6, 6.07) is 4.63. The van der Waals surface area contributed by atoms with Gasteiger partial charge in [-0.15, -0.1) is 0 Å². The summed E-state index contributed by atoms with van der Waals surface area (Å²) in [7, 11) is -2.70. The molecule has 0 aromatic heterocycles. The summed E-state index contributed by atoms with van der Waals surface area (Å²) in [5.41, 5.74) is 0.727. The van der Waals surface area contributed by atoms with Crippen LogP contribution in [-0.4, -0.2) is 35.0 Å². The molecule has 0 saturated heterocycles. The van der Waals surface area contributed by atoms with Crippen LogP contribution in [0.5, 0.6) is 5.75 Å². The highest BCUT2D eigenvalue weighted by molar-refractivity contribution is 7.89. The highest BCUT2D eigenvalue weighted by Crippen LogP contribution is 2.24. The maximum absolute atomic E-state index is 12.1. The van der Waals surface area contributed by atoms with Crippen molar-refractivity contribution in [3.05, 3.63) is 23.8 Å². The van der Waals surface area contributed by atoms with Crippen molar-refractivity contribution in [3.8, 4) is 5.75 Å². The van der Waals surface area contributed by atoms with Gasteiger partial charge in [-0.3, -0.25) is 0 Å². The molecule has 0 spiro atoms. The molecule has 2 N–H and O–H groups in total. The monoisotopic (exact) mass is 308 g/mol. The predicted octanol–water partition coefficient (Wildman–Crippen LogP) is 1.35. The Hall–Kier alpha value is -1.25. The molecule has 1 aromatic rings. The van der Waals surface area contributed by atoms with Gasteiger partial charge >= 0.3 is 0 Å². The van der Waals surface area contributed by atoms with Crippen LogP contribution in [0.4, 0.5) is 8.78 Å². The summed E-state index contributed by atoms with van der Waals surface area (Å²) in [5.74, 6) is 0.118. The first-order valence-electron chi connectivity index (χ1n) is 6.06. The predicted molar refractivity (Wildman–Crippen MR) is 71.6 cm³/mol. The van der Waals surface area contributed by atoms with Gasteiger partial charge < -0.3 is 10.1 Å². The lowest BCUT2D eigenvalue weighted by Gasteiger charge is -2.12. The van der Waals surface area contributed by atoms with Gasteiger partial charge in [0.05, 0.1) is 13.7 Å². The van der Waals surface area contributed by atoms with E-state index < -0.39 is 23.0 Å². The van der Waals surface area contributed by atoms with E-state index in [2.05, 4.69) is 5.32 Å². The van der Waals surface area contributed by atoms with Crippen molar-refractivity contribution in [2.45, 2.75) is 24.8 Å². The molecule has 0 fully saturated rings. The van der Waals surface area contributed by atoms with E-state index in [1.807, 2.05) is 11.6 Å². The Kier molecular flexibility index (Phi) is 6.31. The Labute approximate surface area is 117 Å². The molecule has 0 aliphatic carbocycles. The first kappa shape index (κ1) is 16.8. The van der Waals surface area contributed by atoms with Crippen molar-refractivity contribution in [1.82, 2.24) is 10.0 Å². The van der Waals surface area contributed by atoms with Gasteiger partial charge in [-0.1, -0.05) is 13.0 Å². The molecule has 0 unspecified atom stereocenters. The average molecular weight is 308 g/mol. The highest BCUT2D eigenvalue weighted by atomic mass is 32.2. The molecule has 0 aliphatic heterocycles. The van der Waals surface area contributed by atoms with Crippen LogP contribution in [-0.2, 0) is 16.6 Å². The number of hydrogen-bond donors (Lipinski definition) is 2. The van der Waals surface area contributed by atoms with Crippen LogP contribution in [0.3, 0.4) is 0 Å². The Morgan fingerprint density at radius 1 is 1.35 bits per heavy atom. The van der Waals surface area contributed by atoms with E-state index in [-0.39, 0.29) is 10.6 Å². The third kappa shape index (κ3) is 4.69. The summed E-state index contributed by atoms with van der Waals surface area (Å²) in [4.78, 5) is -0.143. The van der Waals surface area contributed by atoms with E-state index in [0.29, 0.717) is 6.54 Å². The van der Waals surface area contributed by atoms with E-state index in [0.717, 1.165) is 12.1 Å². The van der Waals surface area contributed by atoms with Crippen LogP contribution in [0.1, 0.15) is 12.5 Å². The van der Waals surface area contributed by atoms with Gasteiger partial charge in [0, 0.05) is 6.54 Å². The van der Waals surface area contributed by atoms with Crippen LogP contribution < -0.4 is 14.8 Å². The number of methoxy groups -OCH3 is 1. The van der Waals surface area contributed by atoms with Crippen LogP contribution >= 0.6 is 0 Å². The molecule has 1 rings (SSSR count). The SMILES string of the molecule is CCNCc1ccc(OC)c(S(=O)(=O)NCC(F)F)c1. The molecule has 8 heteroatoms. The normalized spacial score (nSPS) is 11.8. The van der Waals surface area contributed by atoms with Crippen LogP contribution in [0.2, 0.25) is 0 Å². The third-order valence-corrected chi connectivity index (χ3v) is 3.97. The first-order valence-corrected chi connectivity index (χ1v) is 7.54. The molecular weight excluding hydrogens is 290 g/mol. The largest absolute Gasteiger partial charge is 0.495 e. The van der Waals surface area contributed by atoms with Crippen LogP contribution in [0.15, 0.2) is 23.1 Å². The molecule has 0 atom stereocenters. The fourth-order valence-corrected chi connectivity index (χ4v) is 2.78. The smallest absolute Gasteiger partial charge is 0.251 e. The Morgan fingerprint density at radius 3 is 2.60 bits per heavy atom. The minimum atomic E-state index is -4.03. The Balaban J connectivity index is 3.06. The molecule has 114 valence electrons. The molecule has 20 heavy (non-hydrogen) atoms. The molecule has 0 aliphatic rings. The van der Waals surface area contributed by atoms with E-state index in [9.17, 15) is 17.2 Å². The fraction of sp³-hybridized carbons (Fsp3) is 0.500. The number of hydrogen-bond acceptors (Lipinski definition) is 4. The van der Waals surface area contributed by atoms with E-state index in [1.165, 1.54) is 19.2 Å². The van der Waals surface area contributed by atoms with E-state index in [1.54, 1.807) is 6.07 Å². The standard InChI is InChI=1S/C12H18F2N2O3S/c1-3-15-7-9-4-5-10(19-2)11(6-9)20(17,18)16-8-12(13)14/h4-6,12,15-16H,3,7-8H2,1-2H3. The zero-order valence-electron chi connectivity index (χ0n) is 11.3. The van der Waals surface area contributed by atoms with Gasteiger partial charge in [-0.25, -0.2) is 21.9 Å². The number of rotatable bonds is 8. The van der Waals surface area contributed by atoms with Crippen molar-refractivity contribution in [3.63, 3.8) is 0 Å². The molecule has 5 nitrogen and oxygen atoms in total. The quantitative estimate of drug-likeness (QED) is 0.761. The number of ether oxygens (including phenoxy) is 1. The highest BCUT2D eigenvalue weighted by Gasteiger charge is 2.21. The fourth-order valence-electron chi connectivity index (χ4n) is 1.56. The Bertz CT molecular complexity index is 536. The lowest BCUT2D eigenvalue weighted by molar-refractivity contribution is 0.153. The maximum Gasteiger partial charge on any atom is 0.251 e. The van der Waals surface area contributed by atoms with Gasteiger partial charge in [0.25, 0.3) is 6.43 Å². The molecule has 0 amide bonds. The zero-order valence-corrected chi connectivity index (χ0v) is 12.1. The lowest BCUT2D eigenvalue weighted by Crippen LogP contribution is -2.29.